The summed E-state index contributed by atoms with van der Waals surface area (Å²) in [6.45, 7) is 0. The first-order valence-electron chi connectivity index (χ1n) is 8.04. The molecule has 0 saturated heterocycles. The smallest absolute Gasteiger partial charge is 0.262 e. The van der Waals surface area contributed by atoms with Crippen LogP contribution in [0.5, 0.6) is 5.75 Å². The second-order valence-electron chi connectivity index (χ2n) is 5.65. The molecule has 2 aromatic carbocycles. The average Bonchev–Trinajstić information content (AvgIpc) is 2.71. The van der Waals surface area contributed by atoms with E-state index in [4.69, 9.17) is 10.5 Å². The zero-order valence-corrected chi connectivity index (χ0v) is 15.8. The Morgan fingerprint density at radius 1 is 1.10 bits per heavy atom. The summed E-state index contributed by atoms with van der Waals surface area (Å²) in [4.78, 5) is 7.30. The van der Waals surface area contributed by atoms with Crippen molar-refractivity contribution in [3.8, 4) is 17.6 Å². The Hall–Kier alpha value is -3.71. The zero-order chi connectivity index (χ0) is 21.0. The highest BCUT2D eigenvalue weighted by atomic mass is 32.2. The molecular weight excluding hydrogens is 402 g/mol. The number of aromatic nitrogens is 2. The third kappa shape index (κ3) is 4.59. The summed E-state index contributed by atoms with van der Waals surface area (Å²) in [6.07, 6.45) is 2.58. The summed E-state index contributed by atoms with van der Waals surface area (Å²) >= 11 is 0. The Balaban J connectivity index is 1.95. The topological polar surface area (TPSA) is 107 Å². The lowest BCUT2D eigenvalue weighted by molar-refractivity contribution is 0.413. The quantitative estimate of drug-likeness (QED) is 0.633. The van der Waals surface area contributed by atoms with E-state index < -0.39 is 32.9 Å². The van der Waals surface area contributed by atoms with Gasteiger partial charge in [0.25, 0.3) is 10.0 Å². The van der Waals surface area contributed by atoms with E-state index >= 15 is 0 Å². The molecule has 1 aromatic heterocycles. The summed E-state index contributed by atoms with van der Waals surface area (Å²) in [5.41, 5.74) is 4.59. The molecule has 0 atom stereocenters. The van der Waals surface area contributed by atoms with Gasteiger partial charge in [0.05, 0.1) is 28.8 Å². The van der Waals surface area contributed by atoms with Crippen molar-refractivity contribution in [3.05, 3.63) is 71.6 Å². The second kappa shape index (κ2) is 8.12. The average molecular weight is 416 g/mol. The lowest BCUT2D eigenvalue weighted by Crippen LogP contribution is -2.14. The minimum Gasteiger partial charge on any atom is -0.497 e. The fourth-order valence-corrected chi connectivity index (χ4v) is 3.35. The van der Waals surface area contributed by atoms with Gasteiger partial charge in [0, 0.05) is 18.5 Å². The number of sulfonamides is 1. The van der Waals surface area contributed by atoms with Gasteiger partial charge in [-0.15, -0.1) is 0 Å². The number of anilines is 2. The van der Waals surface area contributed by atoms with Crippen LogP contribution >= 0.6 is 0 Å². The van der Waals surface area contributed by atoms with Crippen molar-refractivity contribution in [1.82, 2.24) is 9.97 Å². The lowest BCUT2D eigenvalue weighted by Gasteiger charge is -2.11. The van der Waals surface area contributed by atoms with Crippen LogP contribution in [0.4, 0.5) is 20.4 Å². The van der Waals surface area contributed by atoms with Crippen LogP contribution < -0.4 is 15.2 Å². The molecule has 0 amide bonds. The lowest BCUT2D eigenvalue weighted by atomic mass is 10.1. The van der Waals surface area contributed by atoms with Crippen molar-refractivity contribution < 1.29 is 21.9 Å². The van der Waals surface area contributed by atoms with Crippen LogP contribution in [-0.2, 0) is 10.0 Å². The molecule has 0 fully saturated rings. The molecule has 0 unspecified atom stereocenters. The second-order valence-corrected chi connectivity index (χ2v) is 7.33. The van der Waals surface area contributed by atoms with Gasteiger partial charge in [-0.2, -0.15) is 0 Å². The van der Waals surface area contributed by atoms with Gasteiger partial charge < -0.3 is 10.5 Å². The molecule has 148 valence electrons. The van der Waals surface area contributed by atoms with Crippen molar-refractivity contribution in [2.75, 3.05) is 17.6 Å². The number of rotatable bonds is 4. The Bertz CT molecular complexity index is 1220. The minimum atomic E-state index is -4.14. The molecule has 3 rings (SSSR count). The summed E-state index contributed by atoms with van der Waals surface area (Å²) in [6, 6.07) is 7.50. The van der Waals surface area contributed by atoms with Crippen LogP contribution in [0.15, 0.2) is 53.7 Å². The van der Waals surface area contributed by atoms with E-state index in [1.807, 2.05) is 0 Å². The molecule has 29 heavy (non-hydrogen) atoms. The van der Waals surface area contributed by atoms with Crippen LogP contribution in [0, 0.1) is 23.5 Å². The molecule has 0 spiro atoms. The summed E-state index contributed by atoms with van der Waals surface area (Å²) < 4.78 is 61.0. The van der Waals surface area contributed by atoms with Gasteiger partial charge in [0.1, 0.15) is 11.6 Å². The first-order chi connectivity index (χ1) is 13.8. The highest BCUT2D eigenvalue weighted by Gasteiger charge is 2.20. The highest BCUT2D eigenvalue weighted by Crippen LogP contribution is 2.25. The van der Waals surface area contributed by atoms with E-state index in [9.17, 15) is 17.2 Å². The normalized spacial score (nSPS) is 10.7. The Morgan fingerprint density at radius 3 is 2.52 bits per heavy atom. The predicted octanol–water partition coefficient (Wildman–Crippen LogP) is 2.55. The SMILES string of the molecule is COc1cccc(S(=O)(=O)Nc2ccc(F)c(C#Cc3cnc(N)nc3)c2F)c1. The molecule has 0 saturated carbocycles. The van der Waals surface area contributed by atoms with E-state index in [1.54, 1.807) is 6.07 Å². The fourth-order valence-electron chi connectivity index (χ4n) is 2.26. The maximum Gasteiger partial charge on any atom is 0.262 e. The van der Waals surface area contributed by atoms with Crippen molar-refractivity contribution in [2.24, 2.45) is 0 Å². The minimum absolute atomic E-state index is 0.0295. The van der Waals surface area contributed by atoms with Gasteiger partial charge in [0.15, 0.2) is 5.82 Å². The molecule has 0 radical (unpaired) electrons. The number of ether oxygens (including phenoxy) is 1. The monoisotopic (exact) mass is 416 g/mol. The number of nitrogens with two attached hydrogens (primary N) is 1. The van der Waals surface area contributed by atoms with E-state index in [1.165, 1.54) is 37.7 Å². The van der Waals surface area contributed by atoms with E-state index in [0.29, 0.717) is 5.75 Å². The number of hydrogen-bond donors (Lipinski definition) is 2. The van der Waals surface area contributed by atoms with Crippen molar-refractivity contribution in [2.45, 2.75) is 4.90 Å². The van der Waals surface area contributed by atoms with Crippen LogP contribution in [0.3, 0.4) is 0 Å². The summed E-state index contributed by atoms with van der Waals surface area (Å²) in [7, 11) is -2.76. The highest BCUT2D eigenvalue weighted by molar-refractivity contribution is 7.92. The Morgan fingerprint density at radius 2 is 1.83 bits per heavy atom. The van der Waals surface area contributed by atoms with Gasteiger partial charge in [-0.05, 0) is 24.3 Å². The van der Waals surface area contributed by atoms with Gasteiger partial charge in [-0.3, -0.25) is 4.72 Å². The number of hydrogen-bond acceptors (Lipinski definition) is 6. The number of methoxy groups -OCH3 is 1. The van der Waals surface area contributed by atoms with Crippen molar-refractivity contribution >= 4 is 21.7 Å². The van der Waals surface area contributed by atoms with Gasteiger partial charge in [-0.1, -0.05) is 17.9 Å². The van der Waals surface area contributed by atoms with Gasteiger partial charge in [0.2, 0.25) is 5.95 Å². The predicted molar refractivity (Wildman–Crippen MR) is 103 cm³/mol. The summed E-state index contributed by atoms with van der Waals surface area (Å²) in [5, 5.41) is 0. The molecule has 0 aliphatic carbocycles. The number of halogens is 2. The molecule has 10 heteroatoms. The Kier molecular flexibility index (Phi) is 5.61. The molecule has 0 bridgehead atoms. The van der Waals surface area contributed by atoms with E-state index in [2.05, 4.69) is 26.5 Å². The molecule has 0 aliphatic heterocycles. The molecule has 3 N–H and O–H groups in total. The third-order valence-corrected chi connectivity index (χ3v) is 5.05. The van der Waals surface area contributed by atoms with Crippen molar-refractivity contribution in [1.29, 1.82) is 0 Å². The van der Waals surface area contributed by atoms with Crippen molar-refractivity contribution in [3.63, 3.8) is 0 Å². The van der Waals surface area contributed by atoms with Crippen LogP contribution in [-0.4, -0.2) is 25.5 Å². The van der Waals surface area contributed by atoms with Gasteiger partial charge >= 0.3 is 0 Å². The van der Waals surface area contributed by atoms with E-state index in [-0.39, 0.29) is 16.4 Å². The molecule has 1 heterocycles. The first-order valence-corrected chi connectivity index (χ1v) is 9.53. The van der Waals surface area contributed by atoms with Crippen LogP contribution in [0.2, 0.25) is 0 Å². The first kappa shape index (κ1) is 20.0. The number of nitrogens with one attached hydrogen (secondary N) is 1. The van der Waals surface area contributed by atoms with Crippen LogP contribution in [0.25, 0.3) is 0 Å². The van der Waals surface area contributed by atoms with Gasteiger partial charge in [-0.25, -0.2) is 27.2 Å². The number of nitrogens with zero attached hydrogens (tertiary/aromatic N) is 2. The Labute approximate surface area is 165 Å². The molecular formula is C19H14F2N4O3S. The molecule has 0 aliphatic rings. The summed E-state index contributed by atoms with van der Waals surface area (Å²) in [5.74, 6) is 3.07. The standard InChI is InChI=1S/C19H14F2N4O3S/c1-28-13-3-2-4-14(9-13)29(26,27)25-17-8-7-16(20)15(18(17)21)6-5-12-10-23-19(22)24-11-12/h2-4,7-11,25H,1H3,(H2,22,23,24). The van der Waals surface area contributed by atoms with E-state index in [0.717, 1.165) is 12.1 Å². The molecule has 7 nitrogen and oxygen atoms in total. The number of nitrogen functional groups attached to an aromatic ring is 1. The maximum atomic E-state index is 14.7. The third-order valence-electron chi connectivity index (χ3n) is 3.69. The maximum absolute atomic E-state index is 14.7. The number of benzene rings is 2. The largest absolute Gasteiger partial charge is 0.497 e. The fraction of sp³-hybridized carbons (Fsp3) is 0.0526. The van der Waals surface area contributed by atoms with Crippen LogP contribution in [0.1, 0.15) is 11.1 Å². The molecule has 3 aromatic rings. The zero-order valence-electron chi connectivity index (χ0n) is 15.0.